The van der Waals surface area contributed by atoms with Gasteiger partial charge in [0.2, 0.25) is 11.8 Å². The average Bonchev–Trinajstić information content (AvgIpc) is 3.14. The highest BCUT2D eigenvalue weighted by Gasteiger charge is 2.11. The number of hydrogen-bond acceptors (Lipinski definition) is 6. The summed E-state index contributed by atoms with van der Waals surface area (Å²) in [6.07, 6.45) is 0. The molecule has 0 bridgehead atoms. The topological polar surface area (TPSA) is 91.8 Å². The standard InChI is InChI=1S/C18H13ClN4O2S/c19-15-7-5-14(6-8-15)17-22-23-18(25-17)26-11-16(24)21-10-13-3-1-12(9-20)2-4-13/h1-8H,10-11H2,(H,21,24). The molecule has 0 unspecified atom stereocenters. The van der Waals surface area contributed by atoms with E-state index in [9.17, 15) is 4.79 Å². The van der Waals surface area contributed by atoms with Crippen LogP contribution >= 0.6 is 23.4 Å². The first-order valence-electron chi connectivity index (χ1n) is 7.62. The second kappa shape index (κ2) is 8.52. The summed E-state index contributed by atoms with van der Waals surface area (Å²) >= 11 is 7.02. The Kier molecular flexibility index (Phi) is 5.89. The molecule has 0 aliphatic carbocycles. The lowest BCUT2D eigenvalue weighted by molar-refractivity contribution is -0.118. The van der Waals surface area contributed by atoms with E-state index in [2.05, 4.69) is 21.6 Å². The Morgan fingerprint density at radius 1 is 1.15 bits per heavy atom. The minimum atomic E-state index is -0.148. The number of carbonyl (C=O) groups is 1. The fourth-order valence-corrected chi connectivity index (χ4v) is 2.77. The lowest BCUT2D eigenvalue weighted by Crippen LogP contribution is -2.24. The number of aromatic nitrogens is 2. The van der Waals surface area contributed by atoms with Crippen molar-refractivity contribution in [2.45, 2.75) is 11.8 Å². The van der Waals surface area contributed by atoms with Crippen molar-refractivity contribution in [1.82, 2.24) is 15.5 Å². The molecule has 1 N–H and O–H groups in total. The van der Waals surface area contributed by atoms with Crippen molar-refractivity contribution >= 4 is 29.3 Å². The number of rotatable bonds is 6. The molecule has 1 heterocycles. The molecule has 0 spiro atoms. The monoisotopic (exact) mass is 384 g/mol. The number of halogens is 1. The molecule has 0 aliphatic rings. The Morgan fingerprint density at radius 3 is 2.58 bits per heavy atom. The van der Waals surface area contributed by atoms with Crippen LogP contribution in [0.1, 0.15) is 11.1 Å². The van der Waals surface area contributed by atoms with Crippen molar-refractivity contribution < 1.29 is 9.21 Å². The quantitative estimate of drug-likeness (QED) is 0.652. The molecule has 2 aromatic carbocycles. The maximum Gasteiger partial charge on any atom is 0.277 e. The number of nitriles is 1. The molecule has 0 saturated carbocycles. The molecule has 3 rings (SSSR count). The number of thioether (sulfide) groups is 1. The number of nitrogens with zero attached hydrogens (tertiary/aromatic N) is 3. The van der Waals surface area contributed by atoms with Crippen LogP contribution in [0.15, 0.2) is 58.2 Å². The Morgan fingerprint density at radius 2 is 1.88 bits per heavy atom. The van der Waals surface area contributed by atoms with Crippen molar-refractivity contribution in [3.63, 3.8) is 0 Å². The van der Waals surface area contributed by atoms with Gasteiger partial charge in [-0.25, -0.2) is 0 Å². The van der Waals surface area contributed by atoms with Gasteiger partial charge in [0.25, 0.3) is 5.22 Å². The fraction of sp³-hybridized carbons (Fsp3) is 0.111. The molecule has 26 heavy (non-hydrogen) atoms. The van der Waals surface area contributed by atoms with Gasteiger partial charge in [0.15, 0.2) is 0 Å². The summed E-state index contributed by atoms with van der Waals surface area (Å²) in [7, 11) is 0. The van der Waals surface area contributed by atoms with Gasteiger partial charge in [-0.05, 0) is 42.0 Å². The Hall–Kier alpha value is -2.82. The van der Waals surface area contributed by atoms with E-state index in [1.165, 1.54) is 11.8 Å². The van der Waals surface area contributed by atoms with Gasteiger partial charge >= 0.3 is 0 Å². The minimum Gasteiger partial charge on any atom is -0.411 e. The number of benzene rings is 2. The van der Waals surface area contributed by atoms with Gasteiger partial charge in [-0.3, -0.25) is 4.79 Å². The summed E-state index contributed by atoms with van der Waals surface area (Å²) in [6.45, 7) is 0.394. The van der Waals surface area contributed by atoms with E-state index in [1.807, 2.05) is 12.1 Å². The highest BCUT2D eigenvalue weighted by atomic mass is 35.5. The molecule has 3 aromatic rings. The van der Waals surface area contributed by atoms with E-state index in [4.69, 9.17) is 21.3 Å². The maximum atomic E-state index is 11.9. The molecular formula is C18H13ClN4O2S. The fourth-order valence-electron chi connectivity index (χ4n) is 2.05. The molecule has 130 valence electrons. The Labute approximate surface area is 159 Å². The lowest BCUT2D eigenvalue weighted by Gasteiger charge is -2.04. The van der Waals surface area contributed by atoms with E-state index in [0.717, 1.165) is 11.1 Å². The predicted molar refractivity (Wildman–Crippen MR) is 98.5 cm³/mol. The van der Waals surface area contributed by atoms with E-state index in [-0.39, 0.29) is 11.7 Å². The van der Waals surface area contributed by atoms with Crippen molar-refractivity contribution in [3.05, 3.63) is 64.7 Å². The largest absolute Gasteiger partial charge is 0.411 e. The van der Waals surface area contributed by atoms with Gasteiger partial charge in [-0.2, -0.15) is 5.26 Å². The summed E-state index contributed by atoms with van der Waals surface area (Å²) < 4.78 is 5.54. The van der Waals surface area contributed by atoms with Crippen LogP contribution in [0, 0.1) is 11.3 Å². The van der Waals surface area contributed by atoms with Gasteiger partial charge in [0.1, 0.15) is 0 Å². The average molecular weight is 385 g/mol. The van der Waals surface area contributed by atoms with E-state index in [1.54, 1.807) is 36.4 Å². The second-order valence-corrected chi connectivity index (χ2v) is 6.62. The van der Waals surface area contributed by atoms with Crippen LogP contribution in [-0.4, -0.2) is 21.9 Å². The molecule has 0 saturated heterocycles. The summed E-state index contributed by atoms with van der Waals surface area (Å²) in [5.41, 5.74) is 2.27. The van der Waals surface area contributed by atoms with Crippen LogP contribution in [-0.2, 0) is 11.3 Å². The molecule has 0 atom stereocenters. The zero-order valence-electron chi connectivity index (χ0n) is 13.5. The van der Waals surface area contributed by atoms with Gasteiger partial charge in [-0.1, -0.05) is 35.5 Å². The summed E-state index contributed by atoms with van der Waals surface area (Å²) in [4.78, 5) is 11.9. The highest BCUT2D eigenvalue weighted by Crippen LogP contribution is 2.24. The third kappa shape index (κ3) is 4.85. The van der Waals surface area contributed by atoms with E-state index < -0.39 is 0 Å². The van der Waals surface area contributed by atoms with E-state index in [0.29, 0.717) is 28.2 Å². The number of carbonyl (C=O) groups excluding carboxylic acids is 1. The molecule has 0 aliphatic heterocycles. The number of amides is 1. The molecule has 1 aromatic heterocycles. The summed E-state index contributed by atoms with van der Waals surface area (Å²) in [5, 5.41) is 20.4. The molecule has 1 amide bonds. The third-order valence-corrected chi connectivity index (χ3v) is 4.47. The number of hydrogen-bond donors (Lipinski definition) is 1. The van der Waals surface area contributed by atoms with Gasteiger partial charge in [0.05, 0.1) is 17.4 Å². The minimum absolute atomic E-state index is 0.148. The van der Waals surface area contributed by atoms with Crippen molar-refractivity contribution in [3.8, 4) is 17.5 Å². The molecule has 0 fully saturated rings. The van der Waals surface area contributed by atoms with Crippen LogP contribution in [0.2, 0.25) is 5.02 Å². The van der Waals surface area contributed by atoms with Gasteiger partial charge < -0.3 is 9.73 Å². The van der Waals surface area contributed by atoms with Crippen LogP contribution in [0.5, 0.6) is 0 Å². The SMILES string of the molecule is N#Cc1ccc(CNC(=O)CSc2nnc(-c3ccc(Cl)cc3)o2)cc1. The normalized spacial score (nSPS) is 10.3. The molecule has 0 radical (unpaired) electrons. The highest BCUT2D eigenvalue weighted by molar-refractivity contribution is 7.99. The van der Waals surface area contributed by atoms with E-state index >= 15 is 0 Å². The van der Waals surface area contributed by atoms with Crippen LogP contribution in [0.25, 0.3) is 11.5 Å². The molecule has 8 heteroatoms. The van der Waals surface area contributed by atoms with Gasteiger partial charge in [-0.15, -0.1) is 10.2 Å². The van der Waals surface area contributed by atoms with Crippen LogP contribution in [0.3, 0.4) is 0 Å². The van der Waals surface area contributed by atoms with Crippen molar-refractivity contribution in [2.24, 2.45) is 0 Å². The Bertz CT molecular complexity index is 933. The number of nitrogens with one attached hydrogen (secondary N) is 1. The first-order valence-corrected chi connectivity index (χ1v) is 8.98. The third-order valence-electron chi connectivity index (χ3n) is 3.40. The smallest absolute Gasteiger partial charge is 0.277 e. The van der Waals surface area contributed by atoms with Crippen LogP contribution in [0.4, 0.5) is 0 Å². The zero-order chi connectivity index (χ0) is 18.4. The lowest BCUT2D eigenvalue weighted by atomic mass is 10.1. The summed E-state index contributed by atoms with van der Waals surface area (Å²) in [6, 6.07) is 16.2. The molecule has 6 nitrogen and oxygen atoms in total. The van der Waals surface area contributed by atoms with Crippen molar-refractivity contribution in [2.75, 3.05) is 5.75 Å². The predicted octanol–water partition coefficient (Wildman–Crippen LogP) is 3.67. The van der Waals surface area contributed by atoms with Gasteiger partial charge in [0, 0.05) is 17.1 Å². The summed E-state index contributed by atoms with van der Waals surface area (Å²) in [5.74, 6) is 0.395. The van der Waals surface area contributed by atoms with Crippen LogP contribution < -0.4 is 5.32 Å². The van der Waals surface area contributed by atoms with Crippen molar-refractivity contribution in [1.29, 1.82) is 5.26 Å². The first-order chi connectivity index (χ1) is 12.6. The maximum absolute atomic E-state index is 11.9. The zero-order valence-corrected chi connectivity index (χ0v) is 15.0. The molecular weight excluding hydrogens is 372 g/mol. The second-order valence-electron chi connectivity index (χ2n) is 5.25. The first kappa shape index (κ1) is 18.0. The Balaban J connectivity index is 1.48.